The molecule has 0 bridgehead atoms. The van der Waals surface area contributed by atoms with Crippen molar-refractivity contribution in [3.8, 4) is 11.4 Å². The summed E-state index contributed by atoms with van der Waals surface area (Å²) in [6, 6.07) is 3.08. The molecule has 4 rings (SSSR count). The summed E-state index contributed by atoms with van der Waals surface area (Å²) in [6.07, 6.45) is 9.37. The second kappa shape index (κ2) is 9.72. The molecule has 0 radical (unpaired) electrons. The van der Waals surface area contributed by atoms with Crippen LogP contribution in [0.25, 0.3) is 11.4 Å². The van der Waals surface area contributed by atoms with E-state index in [4.69, 9.17) is 0 Å². The lowest BCUT2D eigenvalue weighted by Gasteiger charge is -2.33. The van der Waals surface area contributed by atoms with Crippen LogP contribution in [0.5, 0.6) is 0 Å². The number of nitrogens with zero attached hydrogens (tertiary/aromatic N) is 5. The minimum absolute atomic E-state index is 0.0815. The van der Waals surface area contributed by atoms with Gasteiger partial charge in [0.25, 0.3) is 5.91 Å². The summed E-state index contributed by atoms with van der Waals surface area (Å²) in [4.78, 5) is 17.2. The number of hydrogen-bond donors (Lipinski definition) is 2. The van der Waals surface area contributed by atoms with Crippen molar-refractivity contribution < 1.29 is 9.18 Å². The van der Waals surface area contributed by atoms with Crippen molar-refractivity contribution in [2.45, 2.75) is 45.6 Å². The van der Waals surface area contributed by atoms with Crippen LogP contribution >= 0.6 is 0 Å². The lowest BCUT2D eigenvalue weighted by Crippen LogP contribution is -2.46. The minimum atomic E-state index is -0.409. The Morgan fingerprint density at radius 3 is 2.55 bits per heavy atom. The largest absolute Gasteiger partial charge is 0.382 e. The second-order valence-corrected chi connectivity index (χ2v) is 9.18. The lowest BCUT2D eigenvalue weighted by molar-refractivity contribution is 0.0903. The first kappa shape index (κ1) is 22.9. The standard InChI is InChI=1S/C24H32FN7O/c1-15-5-7-17(8-6-15)20(30-24(33)21-9-10-28-31(21)3)14-26-18-11-19(25)22(27-13-18)23-16(2)12-29-32(23)4/h9-13,15,17,20,26H,5-8,14H2,1-4H3,(H,30,33). The highest BCUT2D eigenvalue weighted by atomic mass is 19.1. The minimum Gasteiger partial charge on any atom is -0.382 e. The highest BCUT2D eigenvalue weighted by Gasteiger charge is 2.28. The van der Waals surface area contributed by atoms with E-state index in [-0.39, 0.29) is 17.6 Å². The van der Waals surface area contributed by atoms with Crippen molar-refractivity contribution in [3.63, 3.8) is 0 Å². The molecule has 176 valence electrons. The summed E-state index contributed by atoms with van der Waals surface area (Å²) < 4.78 is 18.1. The van der Waals surface area contributed by atoms with E-state index in [1.807, 2.05) is 6.92 Å². The molecule has 1 unspecified atom stereocenters. The molecule has 1 amide bonds. The molecule has 1 aliphatic carbocycles. The first-order valence-corrected chi connectivity index (χ1v) is 11.5. The Hall–Kier alpha value is -3.23. The molecule has 1 saturated carbocycles. The van der Waals surface area contributed by atoms with Gasteiger partial charge in [0.15, 0.2) is 5.82 Å². The number of hydrogen-bond acceptors (Lipinski definition) is 5. The third kappa shape index (κ3) is 5.07. The first-order chi connectivity index (χ1) is 15.8. The number of amides is 1. The van der Waals surface area contributed by atoms with Gasteiger partial charge in [-0.1, -0.05) is 19.8 Å². The number of aromatic nitrogens is 5. The van der Waals surface area contributed by atoms with Crippen LogP contribution in [0.1, 0.15) is 48.7 Å². The van der Waals surface area contributed by atoms with Crippen molar-refractivity contribution in [1.29, 1.82) is 0 Å². The van der Waals surface area contributed by atoms with Crippen LogP contribution in [-0.2, 0) is 14.1 Å². The maximum Gasteiger partial charge on any atom is 0.269 e. The van der Waals surface area contributed by atoms with Crippen LogP contribution in [0.3, 0.4) is 0 Å². The van der Waals surface area contributed by atoms with E-state index in [0.29, 0.717) is 35.5 Å². The number of nitrogens with one attached hydrogen (secondary N) is 2. The Morgan fingerprint density at radius 1 is 1.18 bits per heavy atom. The van der Waals surface area contributed by atoms with Crippen molar-refractivity contribution >= 4 is 11.6 Å². The van der Waals surface area contributed by atoms with Gasteiger partial charge in [0, 0.05) is 38.9 Å². The van der Waals surface area contributed by atoms with Crippen molar-refractivity contribution in [2.24, 2.45) is 25.9 Å². The molecule has 8 nitrogen and oxygen atoms in total. The molecule has 3 aromatic heterocycles. The predicted molar refractivity (Wildman–Crippen MR) is 125 cm³/mol. The molecular weight excluding hydrogens is 421 g/mol. The Morgan fingerprint density at radius 2 is 1.94 bits per heavy atom. The van der Waals surface area contributed by atoms with Gasteiger partial charge in [-0.3, -0.25) is 14.2 Å². The van der Waals surface area contributed by atoms with Gasteiger partial charge >= 0.3 is 0 Å². The van der Waals surface area contributed by atoms with E-state index < -0.39 is 5.82 Å². The molecule has 1 atom stereocenters. The third-order valence-electron chi connectivity index (χ3n) is 6.71. The molecule has 0 spiro atoms. The SMILES string of the molecule is Cc1cnn(C)c1-c1ncc(NCC(NC(=O)c2ccnn2C)C2CCC(C)CC2)cc1F. The highest BCUT2D eigenvalue weighted by Crippen LogP contribution is 2.31. The molecular formula is C24H32FN7O. The topological polar surface area (TPSA) is 89.7 Å². The summed E-state index contributed by atoms with van der Waals surface area (Å²) in [6.45, 7) is 4.65. The molecule has 0 aromatic carbocycles. The fourth-order valence-corrected chi connectivity index (χ4v) is 4.69. The van der Waals surface area contributed by atoms with Gasteiger partial charge < -0.3 is 10.6 Å². The number of anilines is 1. The average molecular weight is 454 g/mol. The average Bonchev–Trinajstić information content (AvgIpc) is 3.37. The zero-order valence-corrected chi connectivity index (χ0v) is 19.7. The maximum absolute atomic E-state index is 14.9. The molecule has 2 N–H and O–H groups in total. The molecule has 9 heteroatoms. The summed E-state index contributed by atoms with van der Waals surface area (Å²) in [5.41, 5.74) is 2.92. The quantitative estimate of drug-likeness (QED) is 0.569. The van der Waals surface area contributed by atoms with Crippen molar-refractivity contribution in [1.82, 2.24) is 29.9 Å². The van der Waals surface area contributed by atoms with Gasteiger partial charge in [0.1, 0.15) is 11.4 Å². The van der Waals surface area contributed by atoms with E-state index in [9.17, 15) is 9.18 Å². The van der Waals surface area contributed by atoms with Gasteiger partial charge in [-0.05, 0) is 43.2 Å². The van der Waals surface area contributed by atoms with Gasteiger partial charge in [-0.2, -0.15) is 10.2 Å². The number of halogens is 1. The fraction of sp³-hybridized carbons (Fsp3) is 0.500. The van der Waals surface area contributed by atoms with Gasteiger partial charge in [-0.25, -0.2) is 9.37 Å². The summed E-state index contributed by atoms with van der Waals surface area (Å²) in [7, 11) is 3.53. The van der Waals surface area contributed by atoms with E-state index in [1.54, 1.807) is 48.1 Å². The summed E-state index contributed by atoms with van der Waals surface area (Å²) in [5.74, 6) is 0.518. The number of rotatable bonds is 7. The molecule has 3 aromatic rings. The van der Waals surface area contributed by atoms with Gasteiger partial charge in [0.05, 0.1) is 23.8 Å². The molecule has 0 aliphatic heterocycles. The van der Waals surface area contributed by atoms with Gasteiger partial charge in [-0.15, -0.1) is 0 Å². The number of pyridine rings is 1. The van der Waals surface area contributed by atoms with Crippen molar-refractivity contribution in [2.75, 3.05) is 11.9 Å². The maximum atomic E-state index is 14.9. The van der Waals surface area contributed by atoms with Crippen LogP contribution in [-0.4, -0.2) is 43.0 Å². The zero-order chi connectivity index (χ0) is 23.5. The molecule has 1 aliphatic rings. The smallest absolute Gasteiger partial charge is 0.269 e. The normalized spacial score (nSPS) is 19.3. The lowest BCUT2D eigenvalue weighted by atomic mass is 9.79. The summed E-state index contributed by atoms with van der Waals surface area (Å²) in [5, 5.41) is 14.8. The third-order valence-corrected chi connectivity index (χ3v) is 6.71. The fourth-order valence-electron chi connectivity index (χ4n) is 4.69. The Labute approximate surface area is 193 Å². The van der Waals surface area contributed by atoms with Crippen LogP contribution in [0.4, 0.5) is 10.1 Å². The number of carbonyl (C=O) groups excluding carboxylic acids is 1. The Balaban J connectivity index is 1.48. The van der Waals surface area contributed by atoms with Crippen molar-refractivity contribution in [3.05, 3.63) is 47.8 Å². The Kier molecular flexibility index (Phi) is 6.76. The van der Waals surface area contributed by atoms with Crippen LogP contribution < -0.4 is 10.6 Å². The van der Waals surface area contributed by atoms with Gasteiger partial charge in [0.2, 0.25) is 0 Å². The molecule has 33 heavy (non-hydrogen) atoms. The van der Waals surface area contributed by atoms with E-state index in [0.717, 1.165) is 31.2 Å². The number of aryl methyl sites for hydroxylation is 3. The summed E-state index contributed by atoms with van der Waals surface area (Å²) >= 11 is 0. The molecule has 3 heterocycles. The zero-order valence-electron chi connectivity index (χ0n) is 19.7. The van der Waals surface area contributed by atoms with Crippen LogP contribution in [0.15, 0.2) is 30.7 Å². The molecule has 0 saturated heterocycles. The highest BCUT2D eigenvalue weighted by molar-refractivity contribution is 5.92. The van der Waals surface area contributed by atoms with Crippen LogP contribution in [0.2, 0.25) is 0 Å². The first-order valence-electron chi connectivity index (χ1n) is 11.5. The predicted octanol–water partition coefficient (Wildman–Crippen LogP) is 3.70. The van der Waals surface area contributed by atoms with Crippen LogP contribution in [0, 0.1) is 24.6 Å². The van der Waals surface area contributed by atoms with E-state index >= 15 is 0 Å². The van der Waals surface area contributed by atoms with E-state index in [2.05, 4.69) is 32.7 Å². The monoisotopic (exact) mass is 453 g/mol. The van der Waals surface area contributed by atoms with E-state index in [1.165, 1.54) is 6.07 Å². The Bertz CT molecular complexity index is 1090. The second-order valence-electron chi connectivity index (χ2n) is 9.18. The molecule has 1 fully saturated rings. The number of carbonyl (C=O) groups is 1.